The average molecular weight is 266 g/mol. The maximum Gasteiger partial charge on any atom is 0.256 e. The lowest BCUT2D eigenvalue weighted by Gasteiger charge is -2.37. The number of rotatable bonds is 0. The van der Waals surface area contributed by atoms with Crippen molar-refractivity contribution in [3.05, 3.63) is 28.8 Å². The van der Waals surface area contributed by atoms with Crippen LogP contribution in [0.15, 0.2) is 18.2 Å². The van der Waals surface area contributed by atoms with E-state index < -0.39 is 0 Å². The van der Waals surface area contributed by atoms with E-state index in [0.29, 0.717) is 10.6 Å². The van der Waals surface area contributed by atoms with Crippen molar-refractivity contribution < 1.29 is 4.79 Å². The number of nitrogens with zero attached hydrogens (tertiary/aromatic N) is 2. The van der Waals surface area contributed by atoms with Crippen molar-refractivity contribution in [3.8, 4) is 0 Å². The maximum atomic E-state index is 12.1. The summed E-state index contributed by atoms with van der Waals surface area (Å²) in [7, 11) is 2.11. The van der Waals surface area contributed by atoms with E-state index in [1.807, 2.05) is 12.1 Å². The highest BCUT2D eigenvalue weighted by atomic mass is 35.5. The Kier molecular flexibility index (Phi) is 2.92. The Morgan fingerprint density at radius 1 is 1.33 bits per heavy atom. The van der Waals surface area contributed by atoms with E-state index in [1.165, 1.54) is 0 Å². The largest absolute Gasteiger partial charge is 0.349 e. The van der Waals surface area contributed by atoms with Gasteiger partial charge in [0.25, 0.3) is 5.91 Å². The Bertz CT molecular complexity index is 491. The minimum Gasteiger partial charge on any atom is -0.349 e. The number of carbonyl (C=O) groups excluding carboxylic acids is 1. The molecule has 3 rings (SSSR count). The zero-order valence-corrected chi connectivity index (χ0v) is 11.1. The quantitative estimate of drug-likeness (QED) is 0.773. The molecule has 0 spiro atoms. The van der Waals surface area contributed by atoms with Gasteiger partial charge in [-0.15, -0.1) is 0 Å². The first kappa shape index (κ1) is 11.8. The van der Waals surface area contributed by atoms with Gasteiger partial charge in [-0.05, 0) is 25.6 Å². The second-order valence-corrected chi connectivity index (χ2v) is 5.32. The molecular formula is C13H16ClN3O. The molecule has 2 aliphatic heterocycles. The van der Waals surface area contributed by atoms with E-state index in [9.17, 15) is 4.79 Å². The van der Waals surface area contributed by atoms with Crippen molar-refractivity contribution in [2.75, 3.05) is 31.6 Å². The zero-order chi connectivity index (χ0) is 12.7. The Labute approximate surface area is 112 Å². The number of carbonyl (C=O) groups is 1. The molecule has 1 saturated heterocycles. The lowest BCUT2D eigenvalue weighted by atomic mass is 10.1. The molecular weight excluding hydrogens is 250 g/mol. The minimum absolute atomic E-state index is 0.0543. The fraction of sp³-hybridized carbons (Fsp3) is 0.462. The van der Waals surface area contributed by atoms with Crippen molar-refractivity contribution in [2.45, 2.75) is 12.6 Å². The number of anilines is 1. The van der Waals surface area contributed by atoms with Gasteiger partial charge < -0.3 is 15.1 Å². The molecule has 96 valence electrons. The van der Waals surface area contributed by atoms with Gasteiger partial charge in [0.1, 0.15) is 6.17 Å². The highest BCUT2D eigenvalue weighted by molar-refractivity contribution is 6.34. The Morgan fingerprint density at radius 2 is 2.17 bits per heavy atom. The number of benzene rings is 1. The van der Waals surface area contributed by atoms with Crippen molar-refractivity contribution in [2.24, 2.45) is 0 Å². The van der Waals surface area contributed by atoms with Crippen LogP contribution >= 0.6 is 11.6 Å². The Balaban J connectivity index is 2.04. The van der Waals surface area contributed by atoms with Crippen LogP contribution in [0, 0.1) is 0 Å². The van der Waals surface area contributed by atoms with Crippen LogP contribution in [-0.2, 0) is 0 Å². The molecule has 1 fully saturated rings. The molecule has 1 aromatic carbocycles. The minimum atomic E-state index is -0.0543. The standard InChI is InChI=1S/C13H16ClN3O/c1-16-6-5-11-15-13(18)12-9(14)3-2-4-10(12)17(11)8-7-16/h2-4,11H,5-8H2,1H3,(H,15,18)/t11-/m0/s1. The molecule has 1 atom stereocenters. The van der Waals surface area contributed by atoms with Crippen molar-refractivity contribution in [3.63, 3.8) is 0 Å². The van der Waals surface area contributed by atoms with Crippen LogP contribution in [0.4, 0.5) is 5.69 Å². The summed E-state index contributed by atoms with van der Waals surface area (Å²) in [6.07, 6.45) is 1.03. The summed E-state index contributed by atoms with van der Waals surface area (Å²) in [6, 6.07) is 5.66. The van der Waals surface area contributed by atoms with Crippen molar-refractivity contribution in [1.82, 2.24) is 10.2 Å². The monoisotopic (exact) mass is 265 g/mol. The molecule has 0 aliphatic carbocycles. The molecule has 2 heterocycles. The molecule has 4 nitrogen and oxygen atoms in total. The van der Waals surface area contributed by atoms with Gasteiger partial charge in [-0.1, -0.05) is 17.7 Å². The van der Waals surface area contributed by atoms with Crippen LogP contribution in [0.1, 0.15) is 16.8 Å². The van der Waals surface area contributed by atoms with Gasteiger partial charge in [0.2, 0.25) is 0 Å². The summed E-state index contributed by atoms with van der Waals surface area (Å²) in [6.45, 7) is 2.91. The fourth-order valence-corrected chi connectivity index (χ4v) is 2.94. The van der Waals surface area contributed by atoms with E-state index in [2.05, 4.69) is 22.2 Å². The number of hydrogen-bond donors (Lipinski definition) is 1. The molecule has 0 aromatic heterocycles. The number of likely N-dealkylation sites (N-methyl/N-ethyl adjacent to an activating group) is 1. The number of halogens is 1. The van der Waals surface area contributed by atoms with Crippen LogP contribution in [0.2, 0.25) is 5.02 Å². The third-order valence-corrected chi connectivity index (χ3v) is 4.02. The first-order chi connectivity index (χ1) is 8.66. The summed E-state index contributed by atoms with van der Waals surface area (Å²) in [4.78, 5) is 16.7. The van der Waals surface area contributed by atoms with Gasteiger partial charge in [-0.3, -0.25) is 4.79 Å². The van der Waals surface area contributed by atoms with Gasteiger partial charge in [-0.25, -0.2) is 0 Å². The predicted molar refractivity (Wildman–Crippen MR) is 72.2 cm³/mol. The van der Waals surface area contributed by atoms with Gasteiger partial charge in [0.15, 0.2) is 0 Å². The Morgan fingerprint density at radius 3 is 3.00 bits per heavy atom. The van der Waals surface area contributed by atoms with Crippen LogP contribution < -0.4 is 10.2 Å². The molecule has 18 heavy (non-hydrogen) atoms. The highest BCUT2D eigenvalue weighted by Gasteiger charge is 2.33. The molecule has 5 heteroatoms. The normalized spacial score (nSPS) is 24.0. The number of fused-ring (bicyclic) bond motifs is 3. The van der Waals surface area contributed by atoms with Gasteiger partial charge in [0, 0.05) is 19.6 Å². The zero-order valence-electron chi connectivity index (χ0n) is 10.3. The van der Waals surface area contributed by atoms with E-state index in [4.69, 9.17) is 11.6 Å². The smallest absolute Gasteiger partial charge is 0.256 e. The van der Waals surface area contributed by atoms with Crippen LogP contribution in [0.3, 0.4) is 0 Å². The predicted octanol–water partition coefficient (Wildman–Crippen LogP) is 1.55. The molecule has 2 aliphatic rings. The van der Waals surface area contributed by atoms with E-state index in [0.717, 1.165) is 31.7 Å². The topological polar surface area (TPSA) is 35.6 Å². The summed E-state index contributed by atoms with van der Waals surface area (Å²) < 4.78 is 0. The molecule has 0 radical (unpaired) electrons. The first-order valence-corrected chi connectivity index (χ1v) is 6.59. The third kappa shape index (κ3) is 1.85. The van der Waals surface area contributed by atoms with Gasteiger partial charge >= 0.3 is 0 Å². The van der Waals surface area contributed by atoms with Crippen LogP contribution in [0.25, 0.3) is 0 Å². The third-order valence-electron chi connectivity index (χ3n) is 3.71. The maximum absolute atomic E-state index is 12.1. The van der Waals surface area contributed by atoms with Crippen molar-refractivity contribution in [1.29, 1.82) is 0 Å². The van der Waals surface area contributed by atoms with Crippen LogP contribution in [0.5, 0.6) is 0 Å². The summed E-state index contributed by atoms with van der Waals surface area (Å²) in [5.41, 5.74) is 1.58. The second kappa shape index (κ2) is 4.44. The Hall–Kier alpha value is -1.26. The van der Waals surface area contributed by atoms with Crippen molar-refractivity contribution >= 4 is 23.2 Å². The SMILES string of the molecule is CN1CC[C@H]2NC(=O)c3c(Cl)cccc3N2CC1. The first-order valence-electron chi connectivity index (χ1n) is 6.21. The van der Waals surface area contributed by atoms with Crippen LogP contribution in [-0.4, -0.2) is 43.7 Å². The lowest BCUT2D eigenvalue weighted by molar-refractivity contribution is 0.0926. The second-order valence-electron chi connectivity index (χ2n) is 4.91. The van der Waals surface area contributed by atoms with E-state index in [-0.39, 0.29) is 12.1 Å². The average Bonchev–Trinajstić information content (AvgIpc) is 2.52. The number of amides is 1. The fourth-order valence-electron chi connectivity index (χ4n) is 2.68. The molecule has 0 bridgehead atoms. The summed E-state index contributed by atoms with van der Waals surface area (Å²) >= 11 is 6.14. The van der Waals surface area contributed by atoms with Gasteiger partial charge in [0.05, 0.1) is 16.3 Å². The molecule has 0 saturated carbocycles. The summed E-state index contributed by atoms with van der Waals surface area (Å²) in [5.74, 6) is -0.0543. The summed E-state index contributed by atoms with van der Waals surface area (Å²) in [5, 5.41) is 3.58. The molecule has 1 aromatic rings. The molecule has 1 amide bonds. The lowest BCUT2D eigenvalue weighted by Crippen LogP contribution is -2.53. The number of nitrogens with one attached hydrogen (secondary N) is 1. The molecule has 0 unspecified atom stereocenters. The molecule has 1 N–H and O–H groups in total. The van der Waals surface area contributed by atoms with E-state index >= 15 is 0 Å². The highest BCUT2D eigenvalue weighted by Crippen LogP contribution is 2.32. The van der Waals surface area contributed by atoms with Gasteiger partial charge in [-0.2, -0.15) is 0 Å². The van der Waals surface area contributed by atoms with E-state index in [1.54, 1.807) is 6.07 Å². The number of hydrogen-bond acceptors (Lipinski definition) is 3.